The maximum atomic E-state index is 10.7. The Morgan fingerprint density at radius 3 is 2.13 bits per heavy atom. The lowest BCUT2D eigenvalue weighted by molar-refractivity contribution is -0.131. The highest BCUT2D eigenvalue weighted by molar-refractivity contribution is 6.36. The van der Waals surface area contributed by atoms with Crippen LogP contribution in [0.5, 0.6) is 0 Å². The lowest BCUT2D eigenvalue weighted by Gasteiger charge is -2.17. The lowest BCUT2D eigenvalue weighted by atomic mass is 10.0. The van der Waals surface area contributed by atoms with Gasteiger partial charge in [-0.05, 0) is 12.1 Å². The van der Waals surface area contributed by atoms with E-state index in [-0.39, 0.29) is 15.6 Å². The lowest BCUT2D eigenvalue weighted by Crippen LogP contribution is -2.34. The molecule has 1 rings (SSSR count). The van der Waals surface area contributed by atoms with Crippen LogP contribution in [-0.2, 0) is 4.79 Å². The molecule has 0 spiro atoms. The first-order valence-electron chi connectivity index (χ1n) is 4.04. The van der Waals surface area contributed by atoms with Crippen LogP contribution in [-0.4, -0.2) is 22.2 Å². The van der Waals surface area contributed by atoms with E-state index in [9.17, 15) is 15.0 Å². The first-order valence-corrected chi connectivity index (χ1v) is 4.80. The molecular formula is C9H9Cl2NO3. The zero-order chi connectivity index (χ0) is 11.6. The van der Waals surface area contributed by atoms with Crippen molar-refractivity contribution in [2.75, 3.05) is 0 Å². The number of primary amides is 1. The van der Waals surface area contributed by atoms with Crippen LogP contribution in [0.3, 0.4) is 0 Å². The second-order valence-corrected chi connectivity index (χ2v) is 3.74. The van der Waals surface area contributed by atoms with Crippen molar-refractivity contribution in [1.29, 1.82) is 0 Å². The highest BCUT2D eigenvalue weighted by atomic mass is 35.5. The summed E-state index contributed by atoms with van der Waals surface area (Å²) in [6.07, 6.45) is -3.26. The summed E-state index contributed by atoms with van der Waals surface area (Å²) in [6, 6.07) is 4.55. The van der Waals surface area contributed by atoms with E-state index < -0.39 is 18.1 Å². The van der Waals surface area contributed by atoms with Crippen molar-refractivity contribution in [2.24, 2.45) is 5.73 Å². The molecule has 0 heterocycles. The fraction of sp³-hybridized carbons (Fsp3) is 0.222. The Labute approximate surface area is 96.2 Å². The third-order valence-corrected chi connectivity index (χ3v) is 2.55. The van der Waals surface area contributed by atoms with Gasteiger partial charge in [-0.2, -0.15) is 0 Å². The quantitative estimate of drug-likeness (QED) is 0.744. The molecule has 1 aromatic carbocycles. The maximum absolute atomic E-state index is 10.7. The van der Waals surface area contributed by atoms with E-state index in [1.165, 1.54) is 12.1 Å². The third kappa shape index (κ3) is 2.60. The van der Waals surface area contributed by atoms with Crippen LogP contribution in [0.15, 0.2) is 18.2 Å². The molecule has 4 N–H and O–H groups in total. The Morgan fingerprint density at radius 1 is 1.27 bits per heavy atom. The Balaban J connectivity index is 3.10. The number of benzene rings is 1. The molecule has 82 valence electrons. The number of carbonyl (C=O) groups excluding carboxylic acids is 1. The number of nitrogens with two attached hydrogens (primary N) is 1. The van der Waals surface area contributed by atoms with Crippen LogP contribution in [0.2, 0.25) is 10.0 Å². The Bertz CT molecular complexity index is 363. The van der Waals surface area contributed by atoms with Crippen molar-refractivity contribution in [3.05, 3.63) is 33.8 Å². The van der Waals surface area contributed by atoms with Crippen LogP contribution in [0, 0.1) is 0 Å². The molecule has 1 aromatic rings. The number of aliphatic hydroxyl groups excluding tert-OH is 2. The van der Waals surface area contributed by atoms with E-state index in [4.69, 9.17) is 28.9 Å². The van der Waals surface area contributed by atoms with Gasteiger partial charge in [0.1, 0.15) is 6.10 Å². The molecule has 0 fully saturated rings. The highest BCUT2D eigenvalue weighted by Crippen LogP contribution is 2.31. The standard InChI is InChI=1S/C9H9Cl2NO3/c10-4-2-1-3-5(11)6(4)7(13)8(14)9(12)15/h1-3,7-8,13-14H,(H2,12,15). The van der Waals surface area contributed by atoms with E-state index in [0.717, 1.165) is 0 Å². The van der Waals surface area contributed by atoms with Gasteiger partial charge in [0, 0.05) is 15.6 Å². The Hall–Kier alpha value is -0.810. The molecule has 2 atom stereocenters. The molecule has 0 aromatic heterocycles. The molecular weight excluding hydrogens is 241 g/mol. The van der Waals surface area contributed by atoms with E-state index >= 15 is 0 Å². The fourth-order valence-electron chi connectivity index (χ4n) is 1.11. The summed E-state index contributed by atoms with van der Waals surface area (Å²) in [6.45, 7) is 0. The zero-order valence-electron chi connectivity index (χ0n) is 7.52. The molecule has 4 nitrogen and oxygen atoms in total. The maximum Gasteiger partial charge on any atom is 0.249 e. The summed E-state index contributed by atoms with van der Waals surface area (Å²) < 4.78 is 0. The summed E-state index contributed by atoms with van der Waals surface area (Å²) in [4.78, 5) is 10.7. The molecule has 0 aliphatic rings. The molecule has 1 amide bonds. The van der Waals surface area contributed by atoms with Gasteiger partial charge in [-0.25, -0.2) is 0 Å². The summed E-state index contributed by atoms with van der Waals surface area (Å²) >= 11 is 11.5. The molecule has 6 heteroatoms. The van der Waals surface area contributed by atoms with Crippen molar-refractivity contribution in [3.63, 3.8) is 0 Å². The number of halogens is 2. The van der Waals surface area contributed by atoms with Gasteiger partial charge in [0.25, 0.3) is 0 Å². The summed E-state index contributed by atoms with van der Waals surface area (Å²) in [5, 5.41) is 19.2. The number of hydrogen-bond acceptors (Lipinski definition) is 3. The predicted molar refractivity (Wildman–Crippen MR) is 56.6 cm³/mol. The van der Waals surface area contributed by atoms with Gasteiger partial charge in [0.2, 0.25) is 5.91 Å². The van der Waals surface area contributed by atoms with Crippen molar-refractivity contribution >= 4 is 29.1 Å². The van der Waals surface area contributed by atoms with Crippen molar-refractivity contribution < 1.29 is 15.0 Å². The monoisotopic (exact) mass is 249 g/mol. The fourth-order valence-corrected chi connectivity index (χ4v) is 1.73. The van der Waals surface area contributed by atoms with Crippen molar-refractivity contribution in [2.45, 2.75) is 12.2 Å². The van der Waals surface area contributed by atoms with Gasteiger partial charge in [-0.3, -0.25) is 4.79 Å². The number of carbonyl (C=O) groups is 1. The molecule has 0 saturated carbocycles. The van der Waals surface area contributed by atoms with Crippen molar-refractivity contribution in [3.8, 4) is 0 Å². The van der Waals surface area contributed by atoms with Gasteiger partial charge >= 0.3 is 0 Å². The van der Waals surface area contributed by atoms with Crippen molar-refractivity contribution in [1.82, 2.24) is 0 Å². The van der Waals surface area contributed by atoms with Gasteiger partial charge in [0.05, 0.1) is 0 Å². The van der Waals surface area contributed by atoms with Crippen LogP contribution < -0.4 is 5.73 Å². The zero-order valence-corrected chi connectivity index (χ0v) is 9.03. The predicted octanol–water partition coefficient (Wildman–Crippen LogP) is 0.873. The smallest absolute Gasteiger partial charge is 0.249 e. The summed E-state index contributed by atoms with van der Waals surface area (Å²) in [7, 11) is 0. The molecule has 0 aliphatic heterocycles. The minimum atomic E-state index is -1.73. The first-order chi connectivity index (χ1) is 6.95. The first kappa shape index (κ1) is 12.3. The Kier molecular flexibility index (Phi) is 3.93. The highest BCUT2D eigenvalue weighted by Gasteiger charge is 2.27. The SMILES string of the molecule is NC(=O)C(O)C(O)c1c(Cl)cccc1Cl. The number of hydrogen-bond donors (Lipinski definition) is 3. The average molecular weight is 250 g/mol. The van der Waals surface area contributed by atoms with Crippen LogP contribution in [0.25, 0.3) is 0 Å². The van der Waals surface area contributed by atoms with E-state index in [1.54, 1.807) is 6.07 Å². The molecule has 15 heavy (non-hydrogen) atoms. The van der Waals surface area contributed by atoms with E-state index in [1.807, 2.05) is 0 Å². The van der Waals surface area contributed by atoms with E-state index in [0.29, 0.717) is 0 Å². The largest absolute Gasteiger partial charge is 0.385 e. The minimum absolute atomic E-state index is 0.0899. The summed E-state index contributed by atoms with van der Waals surface area (Å²) in [5.74, 6) is -1.04. The van der Waals surface area contributed by atoms with Gasteiger partial charge in [0.15, 0.2) is 6.10 Å². The van der Waals surface area contributed by atoms with Crippen LogP contribution in [0.1, 0.15) is 11.7 Å². The molecule has 2 unspecified atom stereocenters. The second kappa shape index (κ2) is 4.81. The third-order valence-electron chi connectivity index (χ3n) is 1.89. The minimum Gasteiger partial charge on any atom is -0.385 e. The Morgan fingerprint density at radius 2 is 1.73 bits per heavy atom. The number of rotatable bonds is 3. The summed E-state index contributed by atoms with van der Waals surface area (Å²) in [5.41, 5.74) is 4.93. The van der Waals surface area contributed by atoms with Crippen LogP contribution >= 0.6 is 23.2 Å². The molecule has 0 aliphatic carbocycles. The van der Waals surface area contributed by atoms with Gasteiger partial charge in [-0.1, -0.05) is 29.3 Å². The number of aliphatic hydroxyl groups is 2. The number of amides is 1. The molecule has 0 saturated heterocycles. The van der Waals surface area contributed by atoms with Gasteiger partial charge in [-0.15, -0.1) is 0 Å². The van der Waals surface area contributed by atoms with Crippen LogP contribution in [0.4, 0.5) is 0 Å². The second-order valence-electron chi connectivity index (χ2n) is 2.93. The molecule has 0 bridgehead atoms. The normalized spacial score (nSPS) is 14.7. The van der Waals surface area contributed by atoms with Gasteiger partial charge < -0.3 is 15.9 Å². The van der Waals surface area contributed by atoms with E-state index in [2.05, 4.69) is 0 Å². The molecule has 0 radical (unpaired) electrons. The topological polar surface area (TPSA) is 83.6 Å². The average Bonchev–Trinajstić information content (AvgIpc) is 2.15.